The lowest BCUT2D eigenvalue weighted by Crippen LogP contribution is -2.46. The molecular weight excluding hydrogens is 414 g/mol. The van der Waals surface area contributed by atoms with Crippen LogP contribution in [0, 0.1) is 5.92 Å². The fourth-order valence-electron chi connectivity index (χ4n) is 5.32. The SMILES string of the molecule is COc1ccc(CN2C[C@@H]3C[C@H](C2)c2ccc(-c4ccc(NC(C)=O)cc4)c(=O)n2C3)cc1. The van der Waals surface area contributed by atoms with Gasteiger partial charge < -0.3 is 14.6 Å². The molecule has 5 rings (SSSR count). The summed E-state index contributed by atoms with van der Waals surface area (Å²) in [6, 6.07) is 19.9. The Bertz CT molecular complexity index is 1210. The van der Waals surface area contributed by atoms with Crippen LogP contribution in [0.15, 0.2) is 65.5 Å². The number of carbonyl (C=O) groups excluding carboxylic acids is 1. The van der Waals surface area contributed by atoms with Crippen molar-refractivity contribution in [3.8, 4) is 16.9 Å². The first-order chi connectivity index (χ1) is 16.0. The van der Waals surface area contributed by atoms with Crippen LogP contribution < -0.4 is 15.6 Å². The van der Waals surface area contributed by atoms with E-state index in [1.807, 2.05) is 47.0 Å². The monoisotopic (exact) mass is 443 g/mol. The van der Waals surface area contributed by atoms with Gasteiger partial charge in [0.15, 0.2) is 0 Å². The van der Waals surface area contributed by atoms with E-state index < -0.39 is 0 Å². The summed E-state index contributed by atoms with van der Waals surface area (Å²) in [5.41, 5.74) is 4.83. The molecule has 0 unspecified atom stereocenters. The molecule has 2 atom stereocenters. The van der Waals surface area contributed by atoms with Crippen LogP contribution in [0.5, 0.6) is 5.75 Å². The van der Waals surface area contributed by atoms with Gasteiger partial charge in [-0.25, -0.2) is 0 Å². The maximum absolute atomic E-state index is 13.4. The van der Waals surface area contributed by atoms with Crippen molar-refractivity contribution in [2.24, 2.45) is 5.92 Å². The molecule has 0 radical (unpaired) electrons. The normalized spacial score (nSPS) is 19.6. The van der Waals surface area contributed by atoms with Crippen LogP contribution in [0.1, 0.15) is 30.5 Å². The molecule has 1 aromatic heterocycles. The largest absolute Gasteiger partial charge is 0.497 e. The lowest BCUT2D eigenvalue weighted by atomic mass is 9.82. The Morgan fingerprint density at radius 3 is 2.45 bits per heavy atom. The summed E-state index contributed by atoms with van der Waals surface area (Å²) in [4.78, 5) is 27.2. The average Bonchev–Trinajstić information content (AvgIpc) is 2.81. The number of piperidine rings is 1. The highest BCUT2D eigenvalue weighted by atomic mass is 16.5. The van der Waals surface area contributed by atoms with E-state index in [1.165, 1.54) is 12.5 Å². The summed E-state index contributed by atoms with van der Waals surface area (Å²) in [6.07, 6.45) is 1.14. The van der Waals surface area contributed by atoms with Crippen molar-refractivity contribution in [3.05, 3.63) is 82.3 Å². The van der Waals surface area contributed by atoms with E-state index in [1.54, 1.807) is 7.11 Å². The molecule has 2 aliphatic rings. The highest BCUT2D eigenvalue weighted by Gasteiger charge is 2.35. The number of rotatable bonds is 5. The minimum absolute atomic E-state index is 0.0816. The average molecular weight is 444 g/mol. The minimum Gasteiger partial charge on any atom is -0.497 e. The molecule has 170 valence electrons. The number of aromatic nitrogens is 1. The van der Waals surface area contributed by atoms with Crippen LogP contribution in [0.2, 0.25) is 0 Å². The molecule has 0 aliphatic carbocycles. The molecule has 2 aromatic carbocycles. The molecule has 3 heterocycles. The number of methoxy groups -OCH3 is 1. The van der Waals surface area contributed by atoms with Crippen LogP contribution in [-0.2, 0) is 17.9 Å². The van der Waals surface area contributed by atoms with E-state index in [-0.39, 0.29) is 11.5 Å². The van der Waals surface area contributed by atoms with Crippen LogP contribution in [0.3, 0.4) is 0 Å². The number of likely N-dealkylation sites (tertiary alicyclic amines) is 1. The highest BCUT2D eigenvalue weighted by Crippen LogP contribution is 2.36. The molecule has 6 nitrogen and oxygen atoms in total. The van der Waals surface area contributed by atoms with Crippen molar-refractivity contribution in [3.63, 3.8) is 0 Å². The van der Waals surface area contributed by atoms with Crippen molar-refractivity contribution < 1.29 is 9.53 Å². The summed E-state index contributed by atoms with van der Waals surface area (Å²) < 4.78 is 7.27. The third-order valence-electron chi connectivity index (χ3n) is 6.76. The van der Waals surface area contributed by atoms with Gasteiger partial charge in [-0.15, -0.1) is 0 Å². The predicted molar refractivity (Wildman–Crippen MR) is 130 cm³/mol. The summed E-state index contributed by atoms with van der Waals surface area (Å²) in [7, 11) is 1.69. The topological polar surface area (TPSA) is 63.6 Å². The van der Waals surface area contributed by atoms with E-state index >= 15 is 0 Å². The number of carbonyl (C=O) groups is 1. The first-order valence-electron chi connectivity index (χ1n) is 11.5. The lowest BCUT2D eigenvalue weighted by molar-refractivity contribution is -0.114. The summed E-state index contributed by atoms with van der Waals surface area (Å²) in [5, 5.41) is 2.77. The molecule has 2 bridgehead atoms. The number of benzene rings is 2. The number of nitrogens with one attached hydrogen (secondary N) is 1. The number of pyridine rings is 1. The van der Waals surface area contributed by atoms with Gasteiger partial charge in [0.25, 0.3) is 5.56 Å². The summed E-state index contributed by atoms with van der Waals surface area (Å²) in [6.45, 7) is 5.14. The first-order valence-corrected chi connectivity index (χ1v) is 11.5. The maximum Gasteiger partial charge on any atom is 0.258 e. The highest BCUT2D eigenvalue weighted by molar-refractivity contribution is 5.89. The Kier molecular flexibility index (Phi) is 5.77. The van der Waals surface area contributed by atoms with Crippen LogP contribution in [0.25, 0.3) is 11.1 Å². The van der Waals surface area contributed by atoms with Gasteiger partial charge in [0.05, 0.1) is 7.11 Å². The molecule has 0 saturated carbocycles. The Labute approximate surface area is 193 Å². The van der Waals surface area contributed by atoms with Crippen molar-refractivity contribution in [2.75, 3.05) is 25.5 Å². The van der Waals surface area contributed by atoms with E-state index in [0.29, 0.717) is 17.4 Å². The molecule has 3 aromatic rings. The Morgan fingerprint density at radius 1 is 1.00 bits per heavy atom. The Morgan fingerprint density at radius 2 is 1.76 bits per heavy atom. The van der Waals surface area contributed by atoms with Gasteiger partial charge in [-0.05, 0) is 59.9 Å². The van der Waals surface area contributed by atoms with Gasteiger partial charge in [0.1, 0.15) is 5.75 Å². The van der Waals surface area contributed by atoms with Crippen LogP contribution in [0.4, 0.5) is 5.69 Å². The predicted octanol–water partition coefficient (Wildman–Crippen LogP) is 4.10. The van der Waals surface area contributed by atoms with Crippen molar-refractivity contribution in [1.82, 2.24) is 9.47 Å². The van der Waals surface area contributed by atoms with Crippen molar-refractivity contribution in [1.29, 1.82) is 0 Å². The molecule has 0 spiro atoms. The minimum atomic E-state index is -0.107. The second-order valence-corrected chi connectivity index (χ2v) is 9.19. The zero-order chi connectivity index (χ0) is 22.9. The molecule has 6 heteroatoms. The van der Waals surface area contributed by atoms with Gasteiger partial charge >= 0.3 is 0 Å². The number of fused-ring (bicyclic) bond motifs is 4. The number of anilines is 1. The number of hydrogen-bond acceptors (Lipinski definition) is 4. The van der Waals surface area contributed by atoms with E-state index in [2.05, 4.69) is 28.4 Å². The van der Waals surface area contributed by atoms with Crippen LogP contribution >= 0.6 is 0 Å². The molecule has 33 heavy (non-hydrogen) atoms. The second kappa shape index (κ2) is 8.87. The van der Waals surface area contributed by atoms with Gasteiger partial charge in [0, 0.05) is 56.0 Å². The maximum atomic E-state index is 13.4. The first kappa shape index (κ1) is 21.5. The fraction of sp³-hybridized carbons (Fsp3) is 0.333. The third-order valence-corrected chi connectivity index (χ3v) is 6.76. The Balaban J connectivity index is 1.36. The number of ether oxygens (including phenoxy) is 1. The molecule has 1 N–H and O–H groups in total. The zero-order valence-corrected chi connectivity index (χ0v) is 19.1. The number of nitrogens with zero attached hydrogens (tertiary/aromatic N) is 2. The molecule has 2 aliphatic heterocycles. The van der Waals surface area contributed by atoms with E-state index in [4.69, 9.17) is 4.74 Å². The zero-order valence-electron chi connectivity index (χ0n) is 19.1. The van der Waals surface area contributed by atoms with Gasteiger partial charge in [0.2, 0.25) is 5.91 Å². The number of hydrogen-bond donors (Lipinski definition) is 1. The van der Waals surface area contributed by atoms with Crippen LogP contribution in [-0.4, -0.2) is 35.6 Å². The second-order valence-electron chi connectivity index (χ2n) is 9.19. The lowest BCUT2D eigenvalue weighted by Gasteiger charge is -2.43. The summed E-state index contributed by atoms with van der Waals surface area (Å²) >= 11 is 0. The van der Waals surface area contributed by atoms with E-state index in [0.717, 1.165) is 55.3 Å². The molecule has 1 amide bonds. The van der Waals surface area contributed by atoms with Gasteiger partial charge in [-0.3, -0.25) is 14.5 Å². The van der Waals surface area contributed by atoms with E-state index in [9.17, 15) is 9.59 Å². The van der Waals surface area contributed by atoms with Crippen molar-refractivity contribution in [2.45, 2.75) is 32.4 Å². The third kappa shape index (κ3) is 4.44. The quantitative estimate of drug-likeness (QED) is 0.645. The standard InChI is InChI=1S/C27H29N3O3/c1-18(31)28-23-7-5-21(6-8-23)25-11-12-26-22-13-20(16-30(26)27(25)32)15-29(17-22)14-19-3-9-24(33-2)10-4-19/h3-12,20,22H,13-17H2,1-2H3,(H,28,31)/t20-,22+/m0/s1. The molecular formula is C27H29N3O3. The smallest absolute Gasteiger partial charge is 0.258 e. The Hall–Kier alpha value is -3.38. The molecule has 1 fully saturated rings. The number of amides is 1. The summed E-state index contributed by atoms with van der Waals surface area (Å²) in [5.74, 6) is 1.62. The van der Waals surface area contributed by atoms with Crippen molar-refractivity contribution >= 4 is 11.6 Å². The fourth-order valence-corrected chi connectivity index (χ4v) is 5.32. The van der Waals surface area contributed by atoms with Gasteiger partial charge in [-0.1, -0.05) is 24.3 Å². The van der Waals surface area contributed by atoms with Gasteiger partial charge in [-0.2, -0.15) is 0 Å². The molecule has 1 saturated heterocycles.